The number of hydrogen-bond acceptors (Lipinski definition) is 3. The summed E-state index contributed by atoms with van der Waals surface area (Å²) in [5.41, 5.74) is 1.57. The number of hydrogen-bond donors (Lipinski definition) is 0. The van der Waals surface area contributed by atoms with Crippen molar-refractivity contribution in [3.05, 3.63) is 32.4 Å². The third kappa shape index (κ3) is 1.83. The quantitative estimate of drug-likeness (QED) is 0.756. The number of nitrogens with zero attached hydrogens (tertiary/aromatic N) is 4. The molecule has 2 heterocycles. The molecular weight excluding hydrogens is 315 g/mol. The Kier molecular flexibility index (Phi) is 3.19. The van der Waals surface area contributed by atoms with Crippen LogP contribution < -0.4 is 0 Å². The van der Waals surface area contributed by atoms with Crippen LogP contribution in [0.25, 0.3) is 5.82 Å². The SMILES string of the molecule is Cc1nn(-c2ncnc(Cl)c2Br)c(C)c1Cl. The van der Waals surface area contributed by atoms with E-state index >= 15 is 0 Å². The van der Waals surface area contributed by atoms with Gasteiger partial charge in [0.1, 0.15) is 11.5 Å². The van der Waals surface area contributed by atoms with Gasteiger partial charge < -0.3 is 0 Å². The summed E-state index contributed by atoms with van der Waals surface area (Å²) in [7, 11) is 0. The van der Waals surface area contributed by atoms with Gasteiger partial charge in [0, 0.05) is 0 Å². The molecule has 0 aromatic carbocycles. The molecule has 0 aliphatic heterocycles. The highest BCUT2D eigenvalue weighted by molar-refractivity contribution is 9.10. The van der Waals surface area contributed by atoms with E-state index < -0.39 is 0 Å². The molecule has 0 radical (unpaired) electrons. The number of aromatic nitrogens is 4. The Hall–Kier alpha value is -0.650. The Balaban J connectivity index is 2.68. The number of halogens is 3. The van der Waals surface area contributed by atoms with Gasteiger partial charge in [-0.25, -0.2) is 14.6 Å². The second kappa shape index (κ2) is 4.31. The third-order valence-corrected chi connectivity index (χ3v) is 3.92. The van der Waals surface area contributed by atoms with Crippen LogP contribution in [0.3, 0.4) is 0 Å². The topological polar surface area (TPSA) is 43.6 Å². The van der Waals surface area contributed by atoms with Gasteiger partial charge in [0.25, 0.3) is 0 Å². The first kappa shape index (κ1) is 11.8. The van der Waals surface area contributed by atoms with E-state index in [1.807, 2.05) is 13.8 Å². The summed E-state index contributed by atoms with van der Waals surface area (Å²) in [6.45, 7) is 3.70. The van der Waals surface area contributed by atoms with E-state index in [2.05, 4.69) is 31.0 Å². The minimum absolute atomic E-state index is 0.341. The molecule has 0 aliphatic carbocycles. The summed E-state index contributed by atoms with van der Waals surface area (Å²) in [6.07, 6.45) is 1.38. The first-order valence-electron chi connectivity index (χ1n) is 4.40. The first-order chi connectivity index (χ1) is 7.52. The van der Waals surface area contributed by atoms with Crippen molar-refractivity contribution in [2.45, 2.75) is 13.8 Å². The van der Waals surface area contributed by atoms with E-state index in [1.165, 1.54) is 6.33 Å². The first-order valence-corrected chi connectivity index (χ1v) is 5.95. The lowest BCUT2D eigenvalue weighted by Crippen LogP contribution is -2.04. The maximum absolute atomic E-state index is 6.07. The average molecular weight is 322 g/mol. The zero-order chi connectivity index (χ0) is 11.9. The van der Waals surface area contributed by atoms with Crippen LogP contribution in [-0.2, 0) is 0 Å². The number of aryl methyl sites for hydroxylation is 1. The van der Waals surface area contributed by atoms with Crippen LogP contribution in [0.2, 0.25) is 10.2 Å². The van der Waals surface area contributed by atoms with Gasteiger partial charge in [0.2, 0.25) is 0 Å². The minimum Gasteiger partial charge on any atom is -0.223 e. The molecule has 0 atom stereocenters. The fraction of sp³-hybridized carbons (Fsp3) is 0.222. The Morgan fingerprint density at radius 3 is 2.50 bits per heavy atom. The Morgan fingerprint density at radius 2 is 1.94 bits per heavy atom. The molecule has 0 saturated carbocycles. The molecule has 2 aromatic heterocycles. The van der Waals surface area contributed by atoms with E-state index in [1.54, 1.807) is 4.68 Å². The molecule has 7 heteroatoms. The zero-order valence-corrected chi connectivity index (χ0v) is 11.6. The molecule has 0 amide bonds. The molecule has 0 unspecified atom stereocenters. The lowest BCUT2D eigenvalue weighted by molar-refractivity contribution is 0.795. The van der Waals surface area contributed by atoms with Crippen molar-refractivity contribution >= 4 is 39.1 Å². The summed E-state index contributed by atoms with van der Waals surface area (Å²) < 4.78 is 2.23. The predicted molar refractivity (Wildman–Crippen MR) is 66.3 cm³/mol. The van der Waals surface area contributed by atoms with E-state index in [0.717, 1.165) is 11.4 Å². The standard InChI is InChI=1S/C9H7BrCl2N4/c1-4-7(11)5(2)16(15-4)9-6(10)8(12)13-3-14-9/h3H,1-2H3. The van der Waals surface area contributed by atoms with Crippen LogP contribution in [-0.4, -0.2) is 19.7 Å². The molecule has 0 spiro atoms. The van der Waals surface area contributed by atoms with Gasteiger partial charge in [-0.2, -0.15) is 5.10 Å². The van der Waals surface area contributed by atoms with Gasteiger partial charge >= 0.3 is 0 Å². The van der Waals surface area contributed by atoms with Gasteiger partial charge in [-0.1, -0.05) is 23.2 Å². The highest BCUT2D eigenvalue weighted by Gasteiger charge is 2.15. The fourth-order valence-electron chi connectivity index (χ4n) is 1.32. The van der Waals surface area contributed by atoms with Crippen molar-refractivity contribution in [1.82, 2.24) is 19.7 Å². The van der Waals surface area contributed by atoms with Crippen LogP contribution >= 0.6 is 39.1 Å². The van der Waals surface area contributed by atoms with Crippen LogP contribution in [0.15, 0.2) is 10.8 Å². The third-order valence-electron chi connectivity index (χ3n) is 2.13. The van der Waals surface area contributed by atoms with Gasteiger partial charge in [-0.05, 0) is 29.8 Å². The zero-order valence-electron chi connectivity index (χ0n) is 8.50. The lowest BCUT2D eigenvalue weighted by atomic mass is 10.4. The molecule has 16 heavy (non-hydrogen) atoms. The van der Waals surface area contributed by atoms with Crippen molar-refractivity contribution in [3.63, 3.8) is 0 Å². The molecule has 0 fully saturated rings. The summed E-state index contributed by atoms with van der Waals surface area (Å²) in [5, 5.41) is 5.26. The molecule has 0 aliphatic rings. The molecule has 84 valence electrons. The highest BCUT2D eigenvalue weighted by Crippen LogP contribution is 2.28. The average Bonchev–Trinajstić information content (AvgIpc) is 2.50. The summed E-state index contributed by atoms with van der Waals surface area (Å²) in [6, 6.07) is 0. The molecule has 2 aromatic rings. The van der Waals surface area contributed by atoms with Crippen molar-refractivity contribution in [2.24, 2.45) is 0 Å². The van der Waals surface area contributed by atoms with Gasteiger partial charge in [0.05, 0.1) is 20.9 Å². The van der Waals surface area contributed by atoms with Crippen LogP contribution in [0.1, 0.15) is 11.4 Å². The Bertz CT molecular complexity index is 553. The molecule has 2 rings (SSSR count). The van der Waals surface area contributed by atoms with Crippen LogP contribution in [0.4, 0.5) is 0 Å². The molecule has 0 saturated heterocycles. The molecule has 4 nitrogen and oxygen atoms in total. The fourth-order valence-corrected chi connectivity index (χ4v) is 1.94. The number of rotatable bonds is 1. The minimum atomic E-state index is 0.341. The summed E-state index contributed by atoms with van der Waals surface area (Å²) in [4.78, 5) is 7.98. The van der Waals surface area contributed by atoms with Gasteiger partial charge in [-0.15, -0.1) is 0 Å². The summed E-state index contributed by atoms with van der Waals surface area (Å²) >= 11 is 15.3. The van der Waals surface area contributed by atoms with Crippen molar-refractivity contribution < 1.29 is 0 Å². The molecule has 0 bridgehead atoms. The predicted octanol–water partition coefficient (Wildman–Crippen LogP) is 3.35. The summed E-state index contributed by atoms with van der Waals surface area (Å²) in [5.74, 6) is 0.576. The van der Waals surface area contributed by atoms with Crippen molar-refractivity contribution in [3.8, 4) is 5.82 Å². The molecular formula is C9H7BrCl2N4. The van der Waals surface area contributed by atoms with E-state index in [9.17, 15) is 0 Å². The smallest absolute Gasteiger partial charge is 0.172 e. The monoisotopic (exact) mass is 320 g/mol. The lowest BCUT2D eigenvalue weighted by Gasteiger charge is -2.05. The Labute approximate surface area is 111 Å². The van der Waals surface area contributed by atoms with Crippen molar-refractivity contribution in [2.75, 3.05) is 0 Å². The molecule has 0 N–H and O–H groups in total. The van der Waals surface area contributed by atoms with Gasteiger partial charge in [0.15, 0.2) is 5.82 Å². The largest absolute Gasteiger partial charge is 0.223 e. The van der Waals surface area contributed by atoms with Crippen LogP contribution in [0.5, 0.6) is 0 Å². The maximum Gasteiger partial charge on any atom is 0.172 e. The van der Waals surface area contributed by atoms with E-state index in [0.29, 0.717) is 20.5 Å². The van der Waals surface area contributed by atoms with E-state index in [-0.39, 0.29) is 0 Å². The Morgan fingerprint density at radius 1 is 1.25 bits per heavy atom. The van der Waals surface area contributed by atoms with Crippen molar-refractivity contribution in [1.29, 1.82) is 0 Å². The second-order valence-electron chi connectivity index (χ2n) is 3.20. The second-order valence-corrected chi connectivity index (χ2v) is 4.73. The normalized spacial score (nSPS) is 10.8. The van der Waals surface area contributed by atoms with E-state index in [4.69, 9.17) is 23.2 Å². The van der Waals surface area contributed by atoms with Crippen LogP contribution in [0, 0.1) is 13.8 Å². The highest BCUT2D eigenvalue weighted by atomic mass is 79.9. The maximum atomic E-state index is 6.07. The van der Waals surface area contributed by atoms with Gasteiger partial charge in [-0.3, -0.25) is 0 Å².